The van der Waals surface area contributed by atoms with Crippen molar-refractivity contribution in [3.05, 3.63) is 29.7 Å². The minimum atomic E-state index is -4.52. The Labute approximate surface area is 144 Å². The van der Waals surface area contributed by atoms with Gasteiger partial charge in [0.1, 0.15) is 17.2 Å². The van der Waals surface area contributed by atoms with Crippen molar-refractivity contribution in [2.75, 3.05) is 5.73 Å². The molecular formula is C17H22F3N5. The average molecular weight is 353 g/mol. The summed E-state index contributed by atoms with van der Waals surface area (Å²) in [4.78, 5) is 15.8. The molecule has 0 saturated heterocycles. The SMILES string of the molecule is CC(C)C(C)CCCc1nc(N)nc(-c2cccc(C(F)(F)F)n2)n1. The molecule has 2 N–H and O–H groups in total. The molecule has 2 aromatic heterocycles. The molecule has 0 aliphatic carbocycles. The first-order valence-corrected chi connectivity index (χ1v) is 8.22. The van der Waals surface area contributed by atoms with Crippen molar-refractivity contribution in [1.82, 2.24) is 19.9 Å². The number of pyridine rings is 1. The van der Waals surface area contributed by atoms with Crippen LogP contribution in [0.4, 0.5) is 19.1 Å². The van der Waals surface area contributed by atoms with Crippen molar-refractivity contribution in [2.24, 2.45) is 11.8 Å². The fourth-order valence-corrected chi connectivity index (χ4v) is 2.30. The molecule has 2 rings (SSSR count). The van der Waals surface area contributed by atoms with Crippen LogP contribution in [0.15, 0.2) is 18.2 Å². The number of aromatic nitrogens is 4. The number of rotatable bonds is 6. The van der Waals surface area contributed by atoms with Gasteiger partial charge in [0.15, 0.2) is 5.82 Å². The Balaban J connectivity index is 2.19. The molecule has 1 atom stereocenters. The fourth-order valence-electron chi connectivity index (χ4n) is 2.30. The number of aryl methyl sites for hydroxylation is 1. The van der Waals surface area contributed by atoms with Crippen LogP contribution in [0.3, 0.4) is 0 Å². The highest BCUT2D eigenvalue weighted by atomic mass is 19.4. The summed E-state index contributed by atoms with van der Waals surface area (Å²) in [6.07, 6.45) is -2.04. The average Bonchev–Trinajstić information content (AvgIpc) is 2.53. The van der Waals surface area contributed by atoms with Gasteiger partial charge in [-0.25, -0.2) is 9.97 Å². The van der Waals surface area contributed by atoms with Crippen molar-refractivity contribution < 1.29 is 13.2 Å². The fraction of sp³-hybridized carbons (Fsp3) is 0.529. The third kappa shape index (κ3) is 5.37. The zero-order valence-corrected chi connectivity index (χ0v) is 14.5. The van der Waals surface area contributed by atoms with Gasteiger partial charge < -0.3 is 5.73 Å². The van der Waals surface area contributed by atoms with Gasteiger partial charge in [0.05, 0.1) is 0 Å². The molecule has 5 nitrogen and oxygen atoms in total. The van der Waals surface area contributed by atoms with E-state index in [2.05, 4.69) is 40.7 Å². The highest BCUT2D eigenvalue weighted by Gasteiger charge is 2.32. The highest BCUT2D eigenvalue weighted by Crippen LogP contribution is 2.28. The molecule has 0 amide bonds. The van der Waals surface area contributed by atoms with E-state index in [9.17, 15) is 13.2 Å². The molecule has 0 radical (unpaired) electrons. The Morgan fingerprint density at radius 1 is 1.04 bits per heavy atom. The number of anilines is 1. The number of nitrogens with zero attached hydrogens (tertiary/aromatic N) is 4. The third-order valence-corrected chi connectivity index (χ3v) is 4.17. The largest absolute Gasteiger partial charge is 0.433 e. The van der Waals surface area contributed by atoms with E-state index in [1.807, 2.05) is 0 Å². The number of hydrogen-bond donors (Lipinski definition) is 1. The minimum Gasteiger partial charge on any atom is -0.368 e. The highest BCUT2D eigenvalue weighted by molar-refractivity contribution is 5.50. The first kappa shape index (κ1) is 19.1. The van der Waals surface area contributed by atoms with Crippen LogP contribution >= 0.6 is 0 Å². The molecule has 0 fully saturated rings. The van der Waals surface area contributed by atoms with Crippen LogP contribution in [0.2, 0.25) is 0 Å². The summed E-state index contributed by atoms with van der Waals surface area (Å²) in [7, 11) is 0. The quantitative estimate of drug-likeness (QED) is 0.844. The van der Waals surface area contributed by atoms with E-state index in [1.54, 1.807) is 0 Å². The van der Waals surface area contributed by atoms with Crippen molar-refractivity contribution in [2.45, 2.75) is 46.2 Å². The van der Waals surface area contributed by atoms with E-state index < -0.39 is 11.9 Å². The van der Waals surface area contributed by atoms with Gasteiger partial charge in [-0.2, -0.15) is 23.1 Å². The Kier molecular flexibility index (Phi) is 5.92. The van der Waals surface area contributed by atoms with Gasteiger partial charge in [-0.05, 0) is 30.4 Å². The Morgan fingerprint density at radius 3 is 2.40 bits per heavy atom. The Hall–Kier alpha value is -2.25. The lowest BCUT2D eigenvalue weighted by atomic mass is 9.92. The lowest BCUT2D eigenvalue weighted by Gasteiger charge is -2.14. The van der Waals surface area contributed by atoms with E-state index in [-0.39, 0.29) is 17.5 Å². The maximum absolute atomic E-state index is 12.8. The van der Waals surface area contributed by atoms with Gasteiger partial charge in [0, 0.05) is 6.42 Å². The van der Waals surface area contributed by atoms with Crippen LogP contribution in [0, 0.1) is 11.8 Å². The van der Waals surface area contributed by atoms with Crippen LogP contribution in [0.25, 0.3) is 11.5 Å². The van der Waals surface area contributed by atoms with Gasteiger partial charge >= 0.3 is 6.18 Å². The smallest absolute Gasteiger partial charge is 0.368 e. The maximum atomic E-state index is 12.8. The van der Waals surface area contributed by atoms with Gasteiger partial charge in [-0.1, -0.05) is 33.3 Å². The van der Waals surface area contributed by atoms with Crippen LogP contribution in [0.5, 0.6) is 0 Å². The molecule has 1 unspecified atom stereocenters. The maximum Gasteiger partial charge on any atom is 0.433 e. The van der Waals surface area contributed by atoms with E-state index in [1.165, 1.54) is 12.1 Å². The van der Waals surface area contributed by atoms with E-state index in [0.29, 0.717) is 24.1 Å². The summed E-state index contributed by atoms with van der Waals surface area (Å²) in [5.74, 6) is 1.68. The molecular weight excluding hydrogens is 331 g/mol. The van der Waals surface area contributed by atoms with Gasteiger partial charge in [0.2, 0.25) is 5.95 Å². The number of hydrogen-bond acceptors (Lipinski definition) is 5. The Morgan fingerprint density at radius 2 is 1.76 bits per heavy atom. The number of nitrogen functional groups attached to an aromatic ring is 1. The summed E-state index contributed by atoms with van der Waals surface area (Å²) >= 11 is 0. The monoisotopic (exact) mass is 353 g/mol. The van der Waals surface area contributed by atoms with Crippen molar-refractivity contribution in [3.63, 3.8) is 0 Å². The molecule has 0 aromatic carbocycles. The lowest BCUT2D eigenvalue weighted by molar-refractivity contribution is -0.141. The van der Waals surface area contributed by atoms with Gasteiger partial charge in [-0.15, -0.1) is 0 Å². The summed E-state index contributed by atoms with van der Waals surface area (Å²) in [5.41, 5.74) is 4.73. The van der Waals surface area contributed by atoms with Crippen molar-refractivity contribution in [1.29, 1.82) is 0 Å². The van der Waals surface area contributed by atoms with Crippen molar-refractivity contribution >= 4 is 5.95 Å². The second-order valence-electron chi connectivity index (χ2n) is 6.45. The second kappa shape index (κ2) is 7.76. The standard InChI is InChI=1S/C17H22F3N5/c1-10(2)11(3)6-4-9-14-23-15(25-16(21)24-14)12-7-5-8-13(22-12)17(18,19)20/h5,7-8,10-11H,4,6,9H2,1-3H3,(H2,21,23,24,25). The molecule has 25 heavy (non-hydrogen) atoms. The molecule has 0 spiro atoms. The summed E-state index contributed by atoms with van der Waals surface area (Å²) < 4.78 is 38.4. The van der Waals surface area contributed by atoms with E-state index in [0.717, 1.165) is 18.9 Å². The van der Waals surface area contributed by atoms with Gasteiger partial charge in [0.25, 0.3) is 0 Å². The lowest BCUT2D eigenvalue weighted by Crippen LogP contribution is -2.10. The molecule has 0 bridgehead atoms. The molecule has 0 saturated carbocycles. The number of halogens is 3. The molecule has 2 aromatic rings. The molecule has 2 heterocycles. The Bertz CT molecular complexity index is 716. The predicted octanol–water partition coefficient (Wildman–Crippen LogP) is 4.15. The molecule has 0 aliphatic heterocycles. The topological polar surface area (TPSA) is 77.6 Å². The van der Waals surface area contributed by atoms with Crippen LogP contribution in [-0.4, -0.2) is 19.9 Å². The molecule has 8 heteroatoms. The van der Waals surface area contributed by atoms with Crippen LogP contribution in [-0.2, 0) is 12.6 Å². The summed E-state index contributed by atoms with van der Waals surface area (Å²) in [6, 6.07) is 3.60. The predicted molar refractivity (Wildman–Crippen MR) is 89.4 cm³/mol. The number of nitrogens with two attached hydrogens (primary N) is 1. The number of alkyl halides is 3. The molecule has 0 aliphatic rings. The minimum absolute atomic E-state index is 0.0175. The van der Waals surface area contributed by atoms with Crippen LogP contribution < -0.4 is 5.73 Å². The van der Waals surface area contributed by atoms with Gasteiger partial charge in [-0.3, -0.25) is 0 Å². The summed E-state index contributed by atoms with van der Waals surface area (Å²) in [6.45, 7) is 6.52. The zero-order chi connectivity index (χ0) is 18.6. The summed E-state index contributed by atoms with van der Waals surface area (Å²) in [5, 5.41) is 0. The first-order chi connectivity index (χ1) is 11.7. The zero-order valence-electron chi connectivity index (χ0n) is 14.5. The van der Waals surface area contributed by atoms with Crippen LogP contribution in [0.1, 0.15) is 45.1 Å². The van der Waals surface area contributed by atoms with E-state index in [4.69, 9.17) is 5.73 Å². The second-order valence-corrected chi connectivity index (χ2v) is 6.45. The molecule has 136 valence electrons. The van der Waals surface area contributed by atoms with E-state index >= 15 is 0 Å². The van der Waals surface area contributed by atoms with Crippen molar-refractivity contribution in [3.8, 4) is 11.5 Å². The third-order valence-electron chi connectivity index (χ3n) is 4.17. The normalized spacial score (nSPS) is 13.2. The first-order valence-electron chi connectivity index (χ1n) is 8.22.